The van der Waals surface area contributed by atoms with Gasteiger partial charge in [0.25, 0.3) is 0 Å². The van der Waals surface area contributed by atoms with Crippen molar-refractivity contribution in [2.75, 3.05) is 25.1 Å². The summed E-state index contributed by atoms with van der Waals surface area (Å²) in [7, 11) is 0. The van der Waals surface area contributed by atoms with E-state index in [1.165, 1.54) is 0 Å². The van der Waals surface area contributed by atoms with Crippen molar-refractivity contribution in [1.82, 2.24) is 0 Å². The maximum atomic E-state index is 6.08. The summed E-state index contributed by atoms with van der Waals surface area (Å²) in [5.74, 6) is 1.85. The van der Waals surface area contributed by atoms with E-state index in [-0.39, 0.29) is 24.0 Å². The number of nitrogens with one attached hydrogen (secondary N) is 1. The van der Waals surface area contributed by atoms with Gasteiger partial charge in [-0.2, -0.15) is 0 Å². The number of benzene rings is 3. The van der Waals surface area contributed by atoms with E-state index in [2.05, 4.69) is 16.4 Å². The predicted octanol–water partition coefficient (Wildman–Crippen LogP) is 5.58. The van der Waals surface area contributed by atoms with Crippen LogP contribution in [0, 0.1) is 0 Å². The number of anilines is 1. The van der Waals surface area contributed by atoms with Crippen LogP contribution in [0.1, 0.15) is 18.1 Å². The van der Waals surface area contributed by atoms with Crippen molar-refractivity contribution in [3.05, 3.63) is 90.0 Å². The van der Waals surface area contributed by atoms with E-state index in [1.807, 2.05) is 79.7 Å². The molecule has 3 aromatic carbocycles. The molecule has 3 rings (SSSR count). The molecule has 0 radical (unpaired) electrons. The van der Waals surface area contributed by atoms with Crippen LogP contribution in [-0.4, -0.2) is 25.8 Å². The summed E-state index contributed by atoms with van der Waals surface area (Å²) in [6, 6.07) is 25.4. The molecule has 0 aliphatic heterocycles. The molecule has 7 heteroatoms. The fraction of sp³-hybridized carbons (Fsp3) is 0.240. The van der Waals surface area contributed by atoms with Crippen LogP contribution in [0.3, 0.4) is 0 Å². The fourth-order valence-corrected chi connectivity index (χ4v) is 2.90. The molecule has 0 aliphatic carbocycles. The Morgan fingerprint density at radius 2 is 1.56 bits per heavy atom. The van der Waals surface area contributed by atoms with Gasteiger partial charge in [0.15, 0.2) is 5.96 Å². The first-order valence-corrected chi connectivity index (χ1v) is 10.4. The van der Waals surface area contributed by atoms with Gasteiger partial charge in [0.2, 0.25) is 0 Å². The first-order chi connectivity index (χ1) is 15.2. The quantitative estimate of drug-likeness (QED) is 0.142. The third kappa shape index (κ3) is 9.25. The lowest BCUT2D eigenvalue weighted by atomic mass is 10.1. The highest BCUT2D eigenvalue weighted by atomic mass is 127. The zero-order valence-electron chi connectivity index (χ0n) is 18.2. The Morgan fingerprint density at radius 3 is 2.38 bits per heavy atom. The van der Waals surface area contributed by atoms with E-state index in [1.54, 1.807) is 0 Å². The molecule has 0 saturated heterocycles. The van der Waals surface area contributed by atoms with Crippen molar-refractivity contribution >= 4 is 35.6 Å². The number of guanidine groups is 1. The standard InChI is InChI=1S/C25H29N3O3.HI/c1-2-29-14-15-30-19-21-9-6-8-20(16-21)18-27-25(26)28-22-10-7-13-24(17-22)31-23-11-4-3-5-12-23;/h3-13,16-17H,2,14-15,18-19H2,1H3,(H3,26,27,28);1H. The number of nitrogens with two attached hydrogens (primary N) is 1. The van der Waals surface area contributed by atoms with Gasteiger partial charge in [0, 0.05) is 18.4 Å². The minimum atomic E-state index is 0. The molecule has 6 nitrogen and oxygen atoms in total. The van der Waals surface area contributed by atoms with Crippen molar-refractivity contribution in [2.24, 2.45) is 10.7 Å². The molecule has 0 atom stereocenters. The molecule has 0 saturated carbocycles. The van der Waals surface area contributed by atoms with Gasteiger partial charge in [-0.3, -0.25) is 0 Å². The third-order valence-corrected chi connectivity index (χ3v) is 4.35. The highest BCUT2D eigenvalue weighted by molar-refractivity contribution is 14.0. The van der Waals surface area contributed by atoms with Gasteiger partial charge < -0.3 is 25.3 Å². The fourth-order valence-electron chi connectivity index (χ4n) is 2.90. The second kappa shape index (κ2) is 14.4. The summed E-state index contributed by atoms with van der Waals surface area (Å²) in [4.78, 5) is 4.45. The Bertz CT molecular complexity index is 967. The van der Waals surface area contributed by atoms with Crippen LogP contribution in [0.5, 0.6) is 11.5 Å². The Labute approximate surface area is 206 Å². The maximum absolute atomic E-state index is 6.08. The Hall–Kier alpha value is -2.62. The van der Waals surface area contributed by atoms with E-state index >= 15 is 0 Å². The maximum Gasteiger partial charge on any atom is 0.193 e. The van der Waals surface area contributed by atoms with Gasteiger partial charge in [-0.25, -0.2) is 4.99 Å². The molecule has 3 N–H and O–H groups in total. The van der Waals surface area contributed by atoms with Crippen LogP contribution in [0.15, 0.2) is 83.9 Å². The average Bonchev–Trinajstić information content (AvgIpc) is 2.79. The van der Waals surface area contributed by atoms with Crippen molar-refractivity contribution < 1.29 is 14.2 Å². The topological polar surface area (TPSA) is 78.1 Å². The van der Waals surface area contributed by atoms with Crippen LogP contribution >= 0.6 is 24.0 Å². The van der Waals surface area contributed by atoms with Crippen molar-refractivity contribution in [3.8, 4) is 11.5 Å². The molecule has 0 spiro atoms. The molecule has 32 heavy (non-hydrogen) atoms. The lowest BCUT2D eigenvalue weighted by molar-refractivity contribution is 0.0453. The van der Waals surface area contributed by atoms with Crippen LogP contribution in [0.4, 0.5) is 5.69 Å². The molecule has 0 fully saturated rings. The normalized spacial score (nSPS) is 11.0. The number of hydrogen-bond acceptors (Lipinski definition) is 4. The summed E-state index contributed by atoms with van der Waals surface area (Å²) in [6.45, 7) is 4.90. The van der Waals surface area contributed by atoms with Gasteiger partial charge in [-0.1, -0.05) is 48.5 Å². The van der Waals surface area contributed by atoms with Crippen LogP contribution in [-0.2, 0) is 22.6 Å². The summed E-state index contributed by atoms with van der Waals surface area (Å²) < 4.78 is 16.8. The minimum Gasteiger partial charge on any atom is -0.457 e. The number of halogens is 1. The molecule has 170 valence electrons. The van der Waals surface area contributed by atoms with E-state index in [0.717, 1.165) is 28.3 Å². The molecular formula is C25H30IN3O3. The molecule has 0 bridgehead atoms. The number of para-hydroxylation sites is 1. The molecule has 0 amide bonds. The highest BCUT2D eigenvalue weighted by Gasteiger charge is 2.01. The lowest BCUT2D eigenvalue weighted by Gasteiger charge is -2.10. The monoisotopic (exact) mass is 547 g/mol. The number of nitrogens with zero attached hydrogens (tertiary/aromatic N) is 1. The summed E-state index contributed by atoms with van der Waals surface area (Å²) in [6.07, 6.45) is 0. The van der Waals surface area contributed by atoms with E-state index in [4.69, 9.17) is 19.9 Å². The lowest BCUT2D eigenvalue weighted by Crippen LogP contribution is -2.22. The minimum absolute atomic E-state index is 0. The molecule has 0 unspecified atom stereocenters. The average molecular weight is 547 g/mol. The number of aliphatic imine (C=N–C) groups is 1. The van der Waals surface area contributed by atoms with Gasteiger partial charge in [0.1, 0.15) is 11.5 Å². The summed E-state index contributed by atoms with van der Waals surface area (Å²) in [5, 5.41) is 3.12. The zero-order chi connectivity index (χ0) is 21.7. The van der Waals surface area contributed by atoms with Gasteiger partial charge in [-0.05, 0) is 42.3 Å². The first-order valence-electron chi connectivity index (χ1n) is 10.4. The second-order valence-corrected chi connectivity index (χ2v) is 6.84. The van der Waals surface area contributed by atoms with Crippen molar-refractivity contribution in [2.45, 2.75) is 20.1 Å². The first kappa shape index (κ1) is 25.6. The Balaban J connectivity index is 0.00000363. The Morgan fingerprint density at radius 1 is 0.844 bits per heavy atom. The summed E-state index contributed by atoms with van der Waals surface area (Å²) >= 11 is 0. The number of hydrogen-bond donors (Lipinski definition) is 2. The van der Waals surface area contributed by atoms with Crippen molar-refractivity contribution in [1.29, 1.82) is 0 Å². The van der Waals surface area contributed by atoms with E-state index in [0.29, 0.717) is 38.9 Å². The number of rotatable bonds is 11. The molecular weight excluding hydrogens is 517 g/mol. The smallest absolute Gasteiger partial charge is 0.193 e. The number of ether oxygens (including phenoxy) is 3. The Kier molecular flexibility index (Phi) is 11.6. The van der Waals surface area contributed by atoms with Crippen LogP contribution in [0.25, 0.3) is 0 Å². The zero-order valence-corrected chi connectivity index (χ0v) is 20.5. The van der Waals surface area contributed by atoms with Gasteiger partial charge in [-0.15, -0.1) is 24.0 Å². The molecule has 0 aliphatic rings. The van der Waals surface area contributed by atoms with Crippen LogP contribution < -0.4 is 15.8 Å². The molecule has 3 aromatic rings. The largest absolute Gasteiger partial charge is 0.457 e. The van der Waals surface area contributed by atoms with E-state index < -0.39 is 0 Å². The van der Waals surface area contributed by atoms with Crippen LogP contribution in [0.2, 0.25) is 0 Å². The second-order valence-electron chi connectivity index (χ2n) is 6.84. The molecule has 0 heterocycles. The van der Waals surface area contributed by atoms with Gasteiger partial charge in [0.05, 0.1) is 26.4 Å². The molecule has 0 aromatic heterocycles. The van der Waals surface area contributed by atoms with E-state index in [9.17, 15) is 0 Å². The summed E-state index contributed by atoms with van der Waals surface area (Å²) in [5.41, 5.74) is 9.06. The van der Waals surface area contributed by atoms with Gasteiger partial charge >= 0.3 is 0 Å². The van der Waals surface area contributed by atoms with Crippen molar-refractivity contribution in [3.63, 3.8) is 0 Å². The highest BCUT2D eigenvalue weighted by Crippen LogP contribution is 2.23. The third-order valence-electron chi connectivity index (χ3n) is 4.35. The predicted molar refractivity (Wildman–Crippen MR) is 140 cm³/mol. The SMILES string of the molecule is CCOCCOCc1cccc(CN=C(N)Nc2cccc(Oc3ccccc3)c2)c1.I.